The second-order valence-corrected chi connectivity index (χ2v) is 7.87. The van der Waals surface area contributed by atoms with Crippen LogP contribution in [0.4, 0.5) is 14.9 Å². The maximum atomic E-state index is 13.7. The van der Waals surface area contributed by atoms with Gasteiger partial charge < -0.3 is 19.5 Å². The lowest BCUT2D eigenvalue weighted by molar-refractivity contribution is 0.194. The van der Waals surface area contributed by atoms with Crippen LogP contribution in [0, 0.1) is 5.82 Å². The molecule has 0 radical (unpaired) electrons. The van der Waals surface area contributed by atoms with E-state index in [2.05, 4.69) is 9.88 Å². The number of carbonyl (C=O) groups is 1. The first-order chi connectivity index (χ1) is 16.2. The zero-order chi connectivity index (χ0) is 22.8. The number of ether oxygens (including phenoxy) is 1. The number of nitrogens with zero attached hydrogens (tertiary/aromatic N) is 2. The SMILES string of the molecule is CCOc1ccccc1NC(=O)N1Cc2ccccc2-n2cccc2C1c1ccc(F)cc1. The minimum atomic E-state index is -0.410. The molecule has 1 N–H and O–H groups in total. The van der Waals surface area contributed by atoms with Crippen LogP contribution in [0.25, 0.3) is 5.69 Å². The van der Waals surface area contributed by atoms with Crippen LogP contribution < -0.4 is 10.1 Å². The molecule has 1 aliphatic heterocycles. The second-order valence-electron chi connectivity index (χ2n) is 7.87. The van der Waals surface area contributed by atoms with E-state index in [-0.39, 0.29) is 11.8 Å². The molecule has 4 aromatic rings. The molecule has 6 heteroatoms. The number of aromatic nitrogens is 1. The fourth-order valence-corrected chi connectivity index (χ4v) is 4.37. The summed E-state index contributed by atoms with van der Waals surface area (Å²) >= 11 is 0. The number of halogens is 1. The predicted octanol–water partition coefficient (Wildman–Crippen LogP) is 6.15. The Balaban J connectivity index is 1.61. The quantitative estimate of drug-likeness (QED) is 0.413. The first-order valence-electron chi connectivity index (χ1n) is 11.0. The van der Waals surface area contributed by atoms with Gasteiger partial charge in [0.25, 0.3) is 0 Å². The Morgan fingerprint density at radius 3 is 2.58 bits per heavy atom. The van der Waals surface area contributed by atoms with Gasteiger partial charge in [0, 0.05) is 11.9 Å². The lowest BCUT2D eigenvalue weighted by Gasteiger charge is -2.31. The molecule has 1 aliphatic rings. The number of urea groups is 1. The van der Waals surface area contributed by atoms with Gasteiger partial charge >= 0.3 is 6.03 Å². The van der Waals surface area contributed by atoms with Crippen LogP contribution in [-0.2, 0) is 6.54 Å². The molecule has 0 aliphatic carbocycles. The van der Waals surface area contributed by atoms with Crippen LogP contribution in [-0.4, -0.2) is 22.1 Å². The van der Waals surface area contributed by atoms with Crippen molar-refractivity contribution in [3.8, 4) is 11.4 Å². The highest BCUT2D eigenvalue weighted by Crippen LogP contribution is 2.37. The summed E-state index contributed by atoms with van der Waals surface area (Å²) in [5, 5.41) is 3.04. The number of amides is 2. The largest absolute Gasteiger partial charge is 0.492 e. The summed E-state index contributed by atoms with van der Waals surface area (Å²) in [6.45, 7) is 2.79. The molecule has 33 heavy (non-hydrogen) atoms. The maximum Gasteiger partial charge on any atom is 0.323 e. The normalized spacial score (nSPS) is 14.7. The van der Waals surface area contributed by atoms with Gasteiger partial charge in [0.2, 0.25) is 0 Å². The molecule has 0 bridgehead atoms. The van der Waals surface area contributed by atoms with Crippen molar-refractivity contribution in [3.05, 3.63) is 114 Å². The molecule has 1 unspecified atom stereocenters. The van der Waals surface area contributed by atoms with Gasteiger partial charge in [-0.15, -0.1) is 0 Å². The van der Waals surface area contributed by atoms with E-state index in [0.29, 0.717) is 24.6 Å². The van der Waals surface area contributed by atoms with Crippen molar-refractivity contribution in [2.45, 2.75) is 19.5 Å². The van der Waals surface area contributed by atoms with E-state index in [0.717, 1.165) is 22.5 Å². The maximum absolute atomic E-state index is 13.7. The average Bonchev–Trinajstić information content (AvgIpc) is 3.26. The zero-order valence-electron chi connectivity index (χ0n) is 18.2. The molecule has 5 nitrogen and oxygen atoms in total. The Bertz CT molecular complexity index is 1280. The van der Waals surface area contributed by atoms with Crippen molar-refractivity contribution >= 4 is 11.7 Å². The number of anilines is 1. The molecular formula is C27H24FN3O2. The van der Waals surface area contributed by atoms with Gasteiger partial charge in [0.05, 0.1) is 30.6 Å². The Kier molecular flexibility index (Phi) is 5.57. The molecule has 1 atom stereocenters. The van der Waals surface area contributed by atoms with Gasteiger partial charge in [0.15, 0.2) is 0 Å². The van der Waals surface area contributed by atoms with E-state index in [1.165, 1.54) is 12.1 Å². The first-order valence-corrected chi connectivity index (χ1v) is 11.0. The molecule has 2 amide bonds. The van der Waals surface area contributed by atoms with E-state index in [9.17, 15) is 9.18 Å². The van der Waals surface area contributed by atoms with Gasteiger partial charge in [-0.2, -0.15) is 0 Å². The van der Waals surface area contributed by atoms with Crippen LogP contribution in [0.5, 0.6) is 5.75 Å². The standard InChI is InChI=1S/C27H24FN3O2/c1-2-33-25-12-6-4-9-22(25)29-27(32)31-18-20-8-3-5-10-23(20)30-17-7-11-24(30)26(31)19-13-15-21(28)16-14-19/h3-17,26H,2,18H2,1H3,(H,29,32). The van der Waals surface area contributed by atoms with Gasteiger partial charge in [-0.3, -0.25) is 0 Å². The van der Waals surface area contributed by atoms with Gasteiger partial charge in [0.1, 0.15) is 11.6 Å². The highest BCUT2D eigenvalue weighted by molar-refractivity contribution is 5.91. The highest BCUT2D eigenvalue weighted by atomic mass is 19.1. The molecule has 1 aromatic heterocycles. The predicted molar refractivity (Wildman–Crippen MR) is 126 cm³/mol. The van der Waals surface area contributed by atoms with Crippen LogP contribution in [0.3, 0.4) is 0 Å². The number of hydrogen-bond donors (Lipinski definition) is 1. The second kappa shape index (κ2) is 8.82. The number of rotatable bonds is 4. The summed E-state index contributed by atoms with van der Waals surface area (Å²) in [7, 11) is 0. The Morgan fingerprint density at radius 1 is 1.00 bits per heavy atom. The molecule has 0 saturated carbocycles. The van der Waals surface area contributed by atoms with Crippen LogP contribution in [0.15, 0.2) is 91.1 Å². The highest BCUT2D eigenvalue weighted by Gasteiger charge is 2.33. The number of hydrogen-bond acceptors (Lipinski definition) is 2. The van der Waals surface area contributed by atoms with Crippen LogP contribution in [0.1, 0.15) is 29.8 Å². The van der Waals surface area contributed by atoms with Crippen LogP contribution in [0.2, 0.25) is 0 Å². The average molecular weight is 442 g/mol. The van der Waals surface area contributed by atoms with Crippen molar-refractivity contribution in [2.24, 2.45) is 0 Å². The molecule has 5 rings (SSSR count). The Hall–Kier alpha value is -4.06. The van der Waals surface area contributed by atoms with Crippen molar-refractivity contribution in [2.75, 3.05) is 11.9 Å². The molecule has 0 saturated heterocycles. The van der Waals surface area contributed by atoms with Crippen LogP contribution >= 0.6 is 0 Å². The van der Waals surface area contributed by atoms with E-state index in [1.54, 1.807) is 17.0 Å². The minimum absolute atomic E-state index is 0.263. The zero-order valence-corrected chi connectivity index (χ0v) is 18.2. The summed E-state index contributed by atoms with van der Waals surface area (Å²) in [4.78, 5) is 15.5. The van der Waals surface area contributed by atoms with E-state index < -0.39 is 6.04 Å². The third-order valence-corrected chi connectivity index (χ3v) is 5.84. The molecule has 3 aromatic carbocycles. The van der Waals surface area contributed by atoms with E-state index in [1.807, 2.05) is 73.8 Å². The number of carbonyl (C=O) groups excluding carboxylic acids is 1. The summed E-state index contributed by atoms with van der Waals surface area (Å²) in [6, 6.07) is 25.1. The third kappa shape index (κ3) is 3.96. The smallest absolute Gasteiger partial charge is 0.323 e. The third-order valence-electron chi connectivity index (χ3n) is 5.84. The summed E-state index contributed by atoms with van der Waals surface area (Å²) in [5.41, 5.74) is 4.41. The van der Waals surface area contributed by atoms with Gasteiger partial charge in [-0.1, -0.05) is 42.5 Å². The summed E-state index contributed by atoms with van der Waals surface area (Å²) in [5.74, 6) is 0.304. The Labute approximate surface area is 192 Å². The summed E-state index contributed by atoms with van der Waals surface area (Å²) in [6.07, 6.45) is 2.00. The molecular weight excluding hydrogens is 417 g/mol. The lowest BCUT2D eigenvalue weighted by atomic mass is 10.0. The van der Waals surface area contributed by atoms with Crippen molar-refractivity contribution in [3.63, 3.8) is 0 Å². The molecule has 2 heterocycles. The lowest BCUT2D eigenvalue weighted by Crippen LogP contribution is -2.38. The number of para-hydroxylation sites is 3. The van der Waals surface area contributed by atoms with Crippen molar-refractivity contribution in [1.82, 2.24) is 9.47 Å². The van der Waals surface area contributed by atoms with Gasteiger partial charge in [-0.05, 0) is 60.5 Å². The topological polar surface area (TPSA) is 46.5 Å². The Morgan fingerprint density at radius 2 is 1.76 bits per heavy atom. The minimum Gasteiger partial charge on any atom is -0.492 e. The summed E-state index contributed by atoms with van der Waals surface area (Å²) < 4.78 is 21.5. The first kappa shape index (κ1) is 20.8. The van der Waals surface area contributed by atoms with E-state index >= 15 is 0 Å². The molecule has 0 spiro atoms. The van der Waals surface area contributed by atoms with Crippen molar-refractivity contribution in [1.29, 1.82) is 0 Å². The molecule has 0 fully saturated rings. The van der Waals surface area contributed by atoms with E-state index in [4.69, 9.17) is 4.74 Å². The number of nitrogens with one attached hydrogen (secondary N) is 1. The monoisotopic (exact) mass is 441 g/mol. The van der Waals surface area contributed by atoms with Crippen molar-refractivity contribution < 1.29 is 13.9 Å². The molecule has 166 valence electrons. The number of benzene rings is 3. The van der Waals surface area contributed by atoms with Gasteiger partial charge in [-0.25, -0.2) is 9.18 Å². The number of fused-ring (bicyclic) bond motifs is 3. The fraction of sp³-hybridized carbons (Fsp3) is 0.148. The fourth-order valence-electron chi connectivity index (χ4n) is 4.37.